The van der Waals surface area contributed by atoms with Crippen molar-refractivity contribution in [1.82, 2.24) is 9.97 Å². The van der Waals surface area contributed by atoms with Gasteiger partial charge in [-0.1, -0.05) is 29.5 Å². The maximum absolute atomic E-state index is 4.43. The van der Waals surface area contributed by atoms with Crippen LogP contribution in [0.25, 0.3) is 10.2 Å². The molecule has 0 aliphatic rings. The number of hydrogen-bond donors (Lipinski definition) is 0. The second-order valence-corrected chi connectivity index (χ2v) is 4.52. The summed E-state index contributed by atoms with van der Waals surface area (Å²) in [6.45, 7) is 0. The largest absolute Gasteiger partial charge is 0.264 e. The van der Waals surface area contributed by atoms with Crippen LogP contribution in [-0.2, 0) is 0 Å². The van der Waals surface area contributed by atoms with Crippen LogP contribution in [0.4, 0.5) is 5.13 Å². The number of pyridine rings is 1. The smallest absolute Gasteiger partial charge is 0.210 e. The topological polar surface area (TPSA) is 38.1 Å². The zero-order chi connectivity index (χ0) is 11.5. The molecule has 1 aromatic carbocycles. The quantitative estimate of drug-likeness (QED) is 0.642. The molecular formula is C13H9N3S. The maximum Gasteiger partial charge on any atom is 0.210 e. The van der Waals surface area contributed by atoms with Crippen molar-refractivity contribution < 1.29 is 0 Å². The maximum atomic E-state index is 4.43. The lowest BCUT2D eigenvalue weighted by Crippen LogP contribution is -1.80. The number of para-hydroxylation sites is 1. The molecule has 0 radical (unpaired) electrons. The molecule has 0 saturated heterocycles. The van der Waals surface area contributed by atoms with E-state index in [4.69, 9.17) is 0 Å². The van der Waals surface area contributed by atoms with Crippen LogP contribution in [0.2, 0.25) is 0 Å². The van der Waals surface area contributed by atoms with E-state index in [9.17, 15) is 0 Å². The van der Waals surface area contributed by atoms with Crippen molar-refractivity contribution >= 4 is 32.9 Å². The Morgan fingerprint density at radius 2 is 2.06 bits per heavy atom. The Morgan fingerprint density at radius 3 is 2.88 bits per heavy atom. The fourth-order valence-corrected chi connectivity index (χ4v) is 2.31. The molecule has 0 saturated carbocycles. The fraction of sp³-hybridized carbons (Fsp3) is 0. The lowest BCUT2D eigenvalue weighted by Gasteiger charge is -1.87. The van der Waals surface area contributed by atoms with E-state index in [0.717, 1.165) is 20.9 Å². The molecule has 2 aromatic heterocycles. The van der Waals surface area contributed by atoms with E-state index in [2.05, 4.69) is 21.0 Å². The Kier molecular flexibility index (Phi) is 2.63. The van der Waals surface area contributed by atoms with Gasteiger partial charge in [0, 0.05) is 24.2 Å². The summed E-state index contributed by atoms with van der Waals surface area (Å²) < 4.78 is 1.16. The van der Waals surface area contributed by atoms with E-state index in [0.29, 0.717) is 0 Å². The third kappa shape index (κ3) is 2.21. The van der Waals surface area contributed by atoms with Crippen LogP contribution in [0.3, 0.4) is 0 Å². The molecule has 0 aliphatic heterocycles. The third-order valence-corrected chi connectivity index (χ3v) is 3.24. The van der Waals surface area contributed by atoms with Crippen molar-refractivity contribution in [3.8, 4) is 0 Å². The summed E-state index contributed by atoms with van der Waals surface area (Å²) in [5.41, 5.74) is 1.97. The highest BCUT2D eigenvalue weighted by atomic mass is 32.1. The van der Waals surface area contributed by atoms with Crippen LogP contribution in [-0.4, -0.2) is 16.2 Å². The molecule has 3 aromatic rings. The molecule has 0 aliphatic carbocycles. The van der Waals surface area contributed by atoms with Gasteiger partial charge in [0.25, 0.3) is 0 Å². The Bertz CT molecular complexity index is 625. The van der Waals surface area contributed by atoms with Gasteiger partial charge >= 0.3 is 0 Å². The number of aliphatic imine (C=N–C) groups is 1. The van der Waals surface area contributed by atoms with Crippen molar-refractivity contribution in [1.29, 1.82) is 0 Å². The first-order valence-corrected chi connectivity index (χ1v) is 6.03. The molecular weight excluding hydrogens is 230 g/mol. The first-order chi connectivity index (χ1) is 8.42. The molecule has 2 heterocycles. The van der Waals surface area contributed by atoms with Crippen molar-refractivity contribution in [2.24, 2.45) is 4.99 Å². The van der Waals surface area contributed by atoms with Crippen LogP contribution in [0, 0.1) is 0 Å². The van der Waals surface area contributed by atoms with Crippen LogP contribution < -0.4 is 0 Å². The third-order valence-electron chi connectivity index (χ3n) is 2.29. The van der Waals surface area contributed by atoms with Gasteiger partial charge in [-0.25, -0.2) is 9.98 Å². The molecule has 0 fully saturated rings. The van der Waals surface area contributed by atoms with E-state index in [1.165, 1.54) is 0 Å². The number of thiazole rings is 1. The molecule has 0 spiro atoms. The number of hydrogen-bond acceptors (Lipinski definition) is 4. The van der Waals surface area contributed by atoms with E-state index >= 15 is 0 Å². The summed E-state index contributed by atoms with van der Waals surface area (Å²) in [7, 11) is 0. The minimum Gasteiger partial charge on any atom is -0.264 e. The highest BCUT2D eigenvalue weighted by Gasteiger charge is 1.99. The molecule has 0 N–H and O–H groups in total. The predicted molar refractivity (Wildman–Crippen MR) is 71.1 cm³/mol. The lowest BCUT2D eigenvalue weighted by atomic mass is 10.3. The number of aromatic nitrogens is 2. The molecule has 17 heavy (non-hydrogen) atoms. The van der Waals surface area contributed by atoms with Crippen LogP contribution in [0.15, 0.2) is 53.8 Å². The second kappa shape index (κ2) is 4.43. The van der Waals surface area contributed by atoms with Crippen molar-refractivity contribution in [2.45, 2.75) is 0 Å². The van der Waals surface area contributed by atoms with Crippen LogP contribution in [0.5, 0.6) is 0 Å². The fourth-order valence-electron chi connectivity index (χ4n) is 1.50. The Balaban J connectivity index is 1.92. The summed E-state index contributed by atoms with van der Waals surface area (Å²) in [4.78, 5) is 12.8. The van der Waals surface area contributed by atoms with Crippen molar-refractivity contribution in [3.05, 3.63) is 54.4 Å². The van der Waals surface area contributed by atoms with E-state index in [1.807, 2.05) is 30.3 Å². The van der Waals surface area contributed by atoms with Gasteiger partial charge in [-0.15, -0.1) is 0 Å². The number of fused-ring (bicyclic) bond motifs is 1. The molecule has 0 atom stereocenters. The number of rotatable bonds is 2. The van der Waals surface area contributed by atoms with Gasteiger partial charge in [-0.3, -0.25) is 4.98 Å². The Hall–Kier alpha value is -2.07. The summed E-state index contributed by atoms with van der Waals surface area (Å²) in [5, 5.41) is 0.773. The first kappa shape index (κ1) is 10.1. The molecule has 82 valence electrons. The predicted octanol–water partition coefficient (Wildman–Crippen LogP) is 3.44. The summed E-state index contributed by atoms with van der Waals surface area (Å²) in [5.74, 6) is 0. The lowest BCUT2D eigenvalue weighted by molar-refractivity contribution is 1.32. The molecule has 0 unspecified atom stereocenters. The number of nitrogens with zero attached hydrogens (tertiary/aromatic N) is 3. The molecule has 0 bridgehead atoms. The molecule has 0 amide bonds. The zero-order valence-corrected chi connectivity index (χ0v) is 9.76. The average Bonchev–Trinajstić information content (AvgIpc) is 2.80. The van der Waals surface area contributed by atoms with Gasteiger partial charge in [-0.05, 0) is 18.2 Å². The Morgan fingerprint density at radius 1 is 1.12 bits per heavy atom. The van der Waals surface area contributed by atoms with Gasteiger partial charge in [0.05, 0.1) is 10.2 Å². The minimum absolute atomic E-state index is 0.773. The van der Waals surface area contributed by atoms with Gasteiger partial charge < -0.3 is 0 Å². The van der Waals surface area contributed by atoms with Gasteiger partial charge in [0.1, 0.15) is 0 Å². The summed E-state index contributed by atoms with van der Waals surface area (Å²) in [6, 6.07) is 11.9. The summed E-state index contributed by atoms with van der Waals surface area (Å²) in [6.07, 6.45) is 5.30. The van der Waals surface area contributed by atoms with Gasteiger partial charge in [0.15, 0.2) is 0 Å². The second-order valence-electron chi connectivity index (χ2n) is 3.51. The van der Waals surface area contributed by atoms with Crippen LogP contribution >= 0.6 is 11.3 Å². The Labute approximate surface area is 103 Å². The highest BCUT2D eigenvalue weighted by Crippen LogP contribution is 2.27. The monoisotopic (exact) mass is 239 g/mol. The zero-order valence-electron chi connectivity index (χ0n) is 8.95. The molecule has 4 heteroatoms. The van der Waals surface area contributed by atoms with E-state index < -0.39 is 0 Å². The first-order valence-electron chi connectivity index (χ1n) is 5.21. The SMILES string of the molecule is C(=N\c1nc2ccccc2s1)/c1cccnc1. The molecule has 3 nitrogen and oxygen atoms in total. The average molecular weight is 239 g/mol. The summed E-state index contributed by atoms with van der Waals surface area (Å²) >= 11 is 1.59. The number of benzene rings is 1. The standard InChI is InChI=1S/C13H9N3S/c1-2-6-12-11(5-1)16-13(17-12)15-9-10-4-3-7-14-8-10/h1-9H/b15-9+. The highest BCUT2D eigenvalue weighted by molar-refractivity contribution is 7.22. The van der Waals surface area contributed by atoms with E-state index in [1.54, 1.807) is 29.9 Å². The van der Waals surface area contributed by atoms with Crippen LogP contribution in [0.1, 0.15) is 5.56 Å². The normalized spacial score (nSPS) is 11.3. The van der Waals surface area contributed by atoms with Crippen molar-refractivity contribution in [2.75, 3.05) is 0 Å². The van der Waals surface area contributed by atoms with Gasteiger partial charge in [-0.2, -0.15) is 0 Å². The minimum atomic E-state index is 0.773. The van der Waals surface area contributed by atoms with Gasteiger partial charge in [0.2, 0.25) is 5.13 Å². The van der Waals surface area contributed by atoms with Crippen molar-refractivity contribution in [3.63, 3.8) is 0 Å². The van der Waals surface area contributed by atoms with E-state index in [-0.39, 0.29) is 0 Å². The molecule has 3 rings (SSSR count).